The Kier molecular flexibility index (Phi) is 12.4. The number of pyridine rings is 2. The molecule has 2 aliphatic heterocycles. The first-order chi connectivity index (χ1) is 33.0. The van der Waals surface area contributed by atoms with Crippen molar-refractivity contribution in [1.82, 2.24) is 9.97 Å². The Bertz CT molecular complexity index is 3310. The molecule has 9 aromatic rings. The Morgan fingerprint density at radius 1 is 0.522 bits per heavy atom. The zero-order valence-corrected chi connectivity index (χ0v) is 43.3. The van der Waals surface area contributed by atoms with E-state index in [0.29, 0.717) is 11.6 Å². The van der Waals surface area contributed by atoms with Gasteiger partial charge in [-0.2, -0.15) is 0 Å². The minimum atomic E-state index is -0.0454. The number of anilines is 7. The van der Waals surface area contributed by atoms with E-state index in [0.717, 1.165) is 77.8 Å². The van der Waals surface area contributed by atoms with Gasteiger partial charge < -0.3 is 0 Å². The molecule has 6 nitrogen and oxygen atoms in total. The van der Waals surface area contributed by atoms with Crippen LogP contribution in [0.25, 0.3) is 33.4 Å². The van der Waals surface area contributed by atoms with Crippen molar-refractivity contribution in [3.05, 3.63) is 218 Å². The van der Waals surface area contributed by atoms with Crippen molar-refractivity contribution in [3.63, 3.8) is 0 Å². The maximum Gasteiger partial charge on any atom is 0 e. The smallest absolute Gasteiger partial charge is 0 e. The Morgan fingerprint density at radius 2 is 1.17 bits per heavy atom. The van der Waals surface area contributed by atoms with Gasteiger partial charge in [-0.05, 0) is 27.7 Å². The van der Waals surface area contributed by atoms with E-state index in [1.807, 2.05) is 24.5 Å². The standard InChI is InChI=1S/C61H50N5OSe.Pt/c1-60(2,3)45-30-27-43(28-31-45)50-24-16-23-49(42-19-11-8-12-20-42)59(50)65-40-64(53-35-44(29-32-51(53)65)41-17-9-7-10-18-41)47-21-15-22-48(37-47)67-58-38-54-56(39-63-58)68-55-26-14-13-25-52(55)66(54)57-36-46(33-34-62-57)61(4,5)6;/h7-36,39-40H,1-6H3;/q-3;. The third-order valence-electron chi connectivity index (χ3n) is 12.6. The van der Waals surface area contributed by atoms with Crippen LogP contribution in [-0.2, 0) is 31.9 Å². The molecule has 0 saturated carbocycles. The van der Waals surface area contributed by atoms with Crippen molar-refractivity contribution in [2.75, 3.05) is 14.7 Å². The van der Waals surface area contributed by atoms with Crippen LogP contribution in [0.1, 0.15) is 52.7 Å². The summed E-state index contributed by atoms with van der Waals surface area (Å²) in [6, 6.07) is 69.8. The summed E-state index contributed by atoms with van der Waals surface area (Å²) in [6.45, 7) is 15.7. The van der Waals surface area contributed by atoms with E-state index in [2.05, 4.69) is 239 Å². The number of benzene rings is 7. The van der Waals surface area contributed by atoms with E-state index >= 15 is 0 Å². The van der Waals surface area contributed by atoms with Gasteiger partial charge in [0.05, 0.1) is 0 Å². The van der Waals surface area contributed by atoms with Gasteiger partial charge in [-0.1, -0.05) is 130 Å². The van der Waals surface area contributed by atoms with Crippen LogP contribution in [-0.4, -0.2) is 24.9 Å². The van der Waals surface area contributed by atoms with E-state index in [9.17, 15) is 0 Å². The quantitative estimate of drug-likeness (QED) is 0.112. The first-order valence-corrected chi connectivity index (χ1v) is 24.8. The van der Waals surface area contributed by atoms with Crippen LogP contribution < -0.4 is 28.4 Å². The molecule has 2 aliphatic rings. The molecule has 0 radical (unpaired) electrons. The predicted molar refractivity (Wildman–Crippen MR) is 281 cm³/mol. The topological polar surface area (TPSA) is 44.7 Å². The molecular weight excluding hydrogens is 1090 g/mol. The zero-order valence-electron chi connectivity index (χ0n) is 39.3. The second kappa shape index (κ2) is 18.6. The van der Waals surface area contributed by atoms with Gasteiger partial charge in [-0.3, -0.25) is 0 Å². The maximum atomic E-state index is 6.66. The molecule has 0 bridgehead atoms. The summed E-state index contributed by atoms with van der Waals surface area (Å²) in [5, 5.41) is 0. The van der Waals surface area contributed by atoms with Crippen LogP contribution in [0.3, 0.4) is 0 Å². The van der Waals surface area contributed by atoms with Gasteiger partial charge in [0.2, 0.25) is 0 Å². The van der Waals surface area contributed by atoms with Gasteiger partial charge in [0, 0.05) is 32.2 Å². The fourth-order valence-corrected chi connectivity index (χ4v) is 11.1. The van der Waals surface area contributed by atoms with Gasteiger partial charge >= 0.3 is 240 Å². The van der Waals surface area contributed by atoms with Gasteiger partial charge in [-0.15, -0.1) is 0 Å². The van der Waals surface area contributed by atoms with Gasteiger partial charge in [0.15, 0.2) is 0 Å². The number of fused-ring (bicyclic) bond motifs is 3. The fraction of sp³-hybridized carbons (Fsp3) is 0.131. The SMILES string of the molecule is CC(C)(C)c1ccc(-c2cccc(-c3ccccc3)c2N2[CH-]N(c3[c-]c(Oc4[c-]c5c(cn4)[Se]c4ccccc4N5c4cc(C(C)(C)C)ccn4)ccc3)c3cc(-c4ccccc4)ccc32)cc1.[Pt]. The normalized spacial score (nSPS) is 13.0. The average Bonchev–Trinajstić information content (AvgIpc) is 3.74. The molecule has 0 amide bonds. The minimum absolute atomic E-state index is 0. The fourth-order valence-electron chi connectivity index (χ4n) is 9.00. The molecule has 0 N–H and O–H groups in total. The predicted octanol–water partition coefficient (Wildman–Crippen LogP) is 14.3. The molecule has 4 heterocycles. The van der Waals surface area contributed by atoms with Crippen LogP contribution in [0.4, 0.5) is 39.9 Å². The van der Waals surface area contributed by atoms with E-state index in [-0.39, 0.29) is 46.9 Å². The van der Waals surface area contributed by atoms with Crippen molar-refractivity contribution in [1.29, 1.82) is 0 Å². The van der Waals surface area contributed by atoms with Gasteiger partial charge in [-0.25, -0.2) is 0 Å². The number of aromatic nitrogens is 2. The van der Waals surface area contributed by atoms with Crippen molar-refractivity contribution >= 4 is 63.8 Å². The van der Waals surface area contributed by atoms with Crippen molar-refractivity contribution in [3.8, 4) is 45.0 Å². The second-order valence-electron chi connectivity index (χ2n) is 19.3. The summed E-state index contributed by atoms with van der Waals surface area (Å²) in [7, 11) is 0. The largest absolute Gasteiger partial charge is 0.0579 e. The summed E-state index contributed by atoms with van der Waals surface area (Å²) < 4.78 is 9.04. The Balaban J connectivity index is 0.00000553. The van der Waals surface area contributed by atoms with Crippen LogP contribution >= 0.6 is 0 Å². The summed E-state index contributed by atoms with van der Waals surface area (Å²) in [5.41, 5.74) is 15.3. The average molecular weight is 1140 g/mol. The molecule has 344 valence electrons. The molecule has 0 spiro atoms. The van der Waals surface area contributed by atoms with Crippen LogP contribution in [0.2, 0.25) is 0 Å². The molecule has 0 atom stereocenters. The Labute approximate surface area is 427 Å². The van der Waals surface area contributed by atoms with Crippen molar-refractivity contribution in [2.24, 2.45) is 0 Å². The van der Waals surface area contributed by atoms with Crippen LogP contribution in [0, 0.1) is 18.8 Å². The third-order valence-corrected chi connectivity index (χ3v) is 14.9. The Hall–Kier alpha value is -6.75. The summed E-state index contributed by atoms with van der Waals surface area (Å²) in [4.78, 5) is 16.5. The number of hydrogen-bond donors (Lipinski definition) is 0. The summed E-state index contributed by atoms with van der Waals surface area (Å²) in [6.07, 6.45) is 3.84. The summed E-state index contributed by atoms with van der Waals surface area (Å²) >= 11 is 0.0243. The third kappa shape index (κ3) is 9.04. The zero-order chi connectivity index (χ0) is 46.6. The molecule has 7 aromatic carbocycles. The molecule has 2 aromatic heterocycles. The van der Waals surface area contributed by atoms with E-state index in [1.54, 1.807) is 0 Å². The number of rotatable bonds is 8. The molecule has 8 heteroatoms. The second-order valence-corrected chi connectivity index (χ2v) is 21.6. The van der Waals surface area contributed by atoms with E-state index in [1.165, 1.54) is 15.6 Å². The van der Waals surface area contributed by atoms with Crippen LogP contribution in [0.5, 0.6) is 11.6 Å². The van der Waals surface area contributed by atoms with Crippen molar-refractivity contribution < 1.29 is 25.8 Å². The van der Waals surface area contributed by atoms with Gasteiger partial charge in [0.1, 0.15) is 0 Å². The van der Waals surface area contributed by atoms with E-state index < -0.39 is 0 Å². The molecule has 0 aliphatic carbocycles. The van der Waals surface area contributed by atoms with E-state index in [4.69, 9.17) is 14.7 Å². The first-order valence-electron chi connectivity index (χ1n) is 23.0. The molecule has 69 heavy (non-hydrogen) atoms. The number of ether oxygens (including phenoxy) is 1. The number of nitrogens with zero attached hydrogens (tertiary/aromatic N) is 5. The minimum Gasteiger partial charge on any atom is -0.0579 e. The molecule has 0 unspecified atom stereocenters. The summed E-state index contributed by atoms with van der Waals surface area (Å²) in [5.74, 6) is 1.73. The number of hydrogen-bond acceptors (Lipinski definition) is 6. The molecule has 0 saturated heterocycles. The monoisotopic (exact) mass is 1140 g/mol. The van der Waals surface area contributed by atoms with Gasteiger partial charge in [0.25, 0.3) is 0 Å². The number of para-hydroxylation sites is 2. The van der Waals surface area contributed by atoms with Crippen molar-refractivity contribution in [2.45, 2.75) is 52.4 Å². The molecule has 11 rings (SSSR count). The van der Waals surface area contributed by atoms with Crippen LogP contribution in [0.15, 0.2) is 188 Å². The molecule has 0 fully saturated rings. The maximum absolute atomic E-state index is 6.66. The molecular formula is C61H50N5OPtSe-3. The first kappa shape index (κ1) is 46.0. The Morgan fingerprint density at radius 3 is 1.90 bits per heavy atom.